The first-order chi connectivity index (χ1) is 10.2. The summed E-state index contributed by atoms with van der Waals surface area (Å²) < 4.78 is 5.22. The summed E-state index contributed by atoms with van der Waals surface area (Å²) in [5, 5.41) is 2.99. The maximum Gasteiger partial charge on any atom is 0.340 e. The number of pyridine rings is 1. The first-order valence-corrected chi connectivity index (χ1v) is 7.70. The van der Waals surface area contributed by atoms with Gasteiger partial charge in [-0.2, -0.15) is 0 Å². The molecule has 0 aliphatic heterocycles. The van der Waals surface area contributed by atoms with Crippen LogP contribution in [0.1, 0.15) is 23.0 Å². The third kappa shape index (κ3) is 2.43. The molecule has 0 unspecified atom stereocenters. The zero-order chi connectivity index (χ0) is 14.8. The number of hydrogen-bond acceptors (Lipinski definition) is 4. The molecule has 0 aliphatic carbocycles. The summed E-state index contributed by atoms with van der Waals surface area (Å²) in [6.45, 7) is 4.03. The van der Waals surface area contributed by atoms with Gasteiger partial charge in [0.05, 0.1) is 23.4 Å². The quantitative estimate of drug-likeness (QED) is 0.670. The molecule has 21 heavy (non-hydrogen) atoms. The molecule has 3 aromatic rings. The number of aryl methyl sites for hydroxylation is 1. The number of carbonyl (C=O) groups is 1. The lowest BCUT2D eigenvalue weighted by Crippen LogP contribution is -2.10. The van der Waals surface area contributed by atoms with Crippen LogP contribution in [0.3, 0.4) is 0 Å². The highest BCUT2D eigenvalue weighted by Crippen LogP contribution is 2.35. The Labute approximate surface area is 127 Å². The van der Waals surface area contributed by atoms with E-state index in [1.54, 1.807) is 11.3 Å². The van der Waals surface area contributed by atoms with Crippen LogP contribution in [-0.4, -0.2) is 17.6 Å². The number of ether oxygens (including phenoxy) is 1. The van der Waals surface area contributed by atoms with Crippen LogP contribution in [0.15, 0.2) is 41.8 Å². The van der Waals surface area contributed by atoms with E-state index in [0.717, 1.165) is 21.3 Å². The van der Waals surface area contributed by atoms with E-state index in [-0.39, 0.29) is 5.97 Å². The average Bonchev–Trinajstić information content (AvgIpc) is 2.99. The lowest BCUT2D eigenvalue weighted by Gasteiger charge is -2.13. The van der Waals surface area contributed by atoms with E-state index in [4.69, 9.17) is 4.74 Å². The molecule has 1 aromatic carbocycles. The van der Waals surface area contributed by atoms with Gasteiger partial charge in [-0.1, -0.05) is 24.3 Å². The van der Waals surface area contributed by atoms with E-state index in [9.17, 15) is 4.79 Å². The van der Waals surface area contributed by atoms with Crippen molar-refractivity contribution in [2.24, 2.45) is 0 Å². The molecule has 2 aromatic heterocycles. The van der Waals surface area contributed by atoms with Gasteiger partial charge in [0.1, 0.15) is 0 Å². The standard InChI is InChI=1S/C17H15NO2S/c1-3-20-17(19)15-11(2)18-13-8-5-4-7-12(13)16(15)14-9-6-10-21-14/h4-10H,3H2,1-2H3. The molecule has 106 valence electrons. The number of carbonyl (C=O) groups excluding carboxylic acids is 1. The lowest BCUT2D eigenvalue weighted by molar-refractivity contribution is 0.0526. The van der Waals surface area contributed by atoms with E-state index < -0.39 is 0 Å². The molecule has 3 rings (SSSR count). The van der Waals surface area contributed by atoms with Gasteiger partial charge in [-0.3, -0.25) is 4.98 Å². The number of thiophene rings is 1. The highest BCUT2D eigenvalue weighted by molar-refractivity contribution is 7.13. The third-order valence-corrected chi connectivity index (χ3v) is 4.21. The second-order valence-corrected chi connectivity index (χ2v) is 5.61. The fourth-order valence-electron chi connectivity index (χ4n) is 2.46. The van der Waals surface area contributed by atoms with Gasteiger partial charge < -0.3 is 4.74 Å². The van der Waals surface area contributed by atoms with Gasteiger partial charge in [0.2, 0.25) is 0 Å². The SMILES string of the molecule is CCOC(=O)c1c(C)nc2ccccc2c1-c1cccs1. The highest BCUT2D eigenvalue weighted by Gasteiger charge is 2.21. The highest BCUT2D eigenvalue weighted by atomic mass is 32.1. The lowest BCUT2D eigenvalue weighted by atomic mass is 9.99. The second kappa shape index (κ2) is 5.66. The van der Waals surface area contributed by atoms with Crippen molar-refractivity contribution in [1.29, 1.82) is 0 Å². The van der Waals surface area contributed by atoms with E-state index in [2.05, 4.69) is 4.98 Å². The van der Waals surface area contributed by atoms with Crippen LogP contribution < -0.4 is 0 Å². The zero-order valence-corrected chi connectivity index (χ0v) is 12.7. The van der Waals surface area contributed by atoms with Crippen LogP contribution in [0.5, 0.6) is 0 Å². The van der Waals surface area contributed by atoms with Crippen molar-refractivity contribution in [1.82, 2.24) is 4.98 Å². The fraction of sp³-hybridized carbons (Fsp3) is 0.176. The number of nitrogens with zero attached hydrogens (tertiary/aromatic N) is 1. The van der Waals surface area contributed by atoms with Gasteiger partial charge in [-0.05, 0) is 31.4 Å². The Morgan fingerprint density at radius 2 is 2.05 bits per heavy atom. The van der Waals surface area contributed by atoms with Gasteiger partial charge in [0.25, 0.3) is 0 Å². The predicted octanol–water partition coefficient (Wildman–Crippen LogP) is 4.45. The number of benzene rings is 1. The fourth-order valence-corrected chi connectivity index (χ4v) is 3.26. The average molecular weight is 297 g/mol. The summed E-state index contributed by atoms with van der Waals surface area (Å²) in [6.07, 6.45) is 0. The Balaban J connectivity index is 2.37. The Bertz CT molecular complexity index is 794. The normalized spacial score (nSPS) is 10.8. The monoisotopic (exact) mass is 297 g/mol. The van der Waals surface area contributed by atoms with Gasteiger partial charge in [0, 0.05) is 15.8 Å². The number of hydrogen-bond donors (Lipinski definition) is 0. The molecule has 0 spiro atoms. The van der Waals surface area contributed by atoms with Gasteiger partial charge >= 0.3 is 5.97 Å². The maximum absolute atomic E-state index is 12.4. The Morgan fingerprint density at radius 1 is 1.24 bits per heavy atom. The number of rotatable bonds is 3. The molecule has 4 heteroatoms. The van der Waals surface area contributed by atoms with Crippen LogP contribution in [0, 0.1) is 6.92 Å². The van der Waals surface area contributed by atoms with E-state index in [1.807, 2.05) is 55.6 Å². The van der Waals surface area contributed by atoms with Gasteiger partial charge in [-0.15, -0.1) is 11.3 Å². The first-order valence-electron chi connectivity index (χ1n) is 6.82. The van der Waals surface area contributed by atoms with Gasteiger partial charge in [-0.25, -0.2) is 4.79 Å². The molecule has 0 N–H and O–H groups in total. The summed E-state index contributed by atoms with van der Waals surface area (Å²) in [7, 11) is 0. The van der Waals surface area contributed by atoms with Crippen molar-refractivity contribution in [2.45, 2.75) is 13.8 Å². The van der Waals surface area contributed by atoms with Crippen LogP contribution in [0.25, 0.3) is 21.3 Å². The van der Waals surface area contributed by atoms with Crippen LogP contribution >= 0.6 is 11.3 Å². The molecular formula is C17H15NO2S. The molecule has 0 bridgehead atoms. The topological polar surface area (TPSA) is 39.2 Å². The molecule has 2 heterocycles. The Kier molecular flexibility index (Phi) is 3.71. The van der Waals surface area contributed by atoms with E-state index >= 15 is 0 Å². The first kappa shape index (κ1) is 13.8. The summed E-state index contributed by atoms with van der Waals surface area (Å²) >= 11 is 1.61. The summed E-state index contributed by atoms with van der Waals surface area (Å²) in [5.74, 6) is -0.309. The molecule has 0 amide bonds. The van der Waals surface area contributed by atoms with Crippen LogP contribution in [0.2, 0.25) is 0 Å². The van der Waals surface area contributed by atoms with Gasteiger partial charge in [0.15, 0.2) is 0 Å². The molecule has 0 aliphatic rings. The summed E-state index contributed by atoms with van der Waals surface area (Å²) in [6, 6.07) is 11.9. The molecule has 0 saturated heterocycles. The van der Waals surface area contributed by atoms with Crippen LogP contribution in [-0.2, 0) is 4.74 Å². The van der Waals surface area contributed by atoms with Crippen LogP contribution in [0.4, 0.5) is 0 Å². The molecule has 0 saturated carbocycles. The van der Waals surface area contributed by atoms with Crippen molar-refractivity contribution in [3.8, 4) is 10.4 Å². The van der Waals surface area contributed by atoms with Crippen molar-refractivity contribution in [3.05, 3.63) is 53.0 Å². The van der Waals surface area contributed by atoms with Crippen molar-refractivity contribution in [3.63, 3.8) is 0 Å². The minimum Gasteiger partial charge on any atom is -0.462 e. The molecule has 3 nitrogen and oxygen atoms in total. The molecule has 0 fully saturated rings. The molecule has 0 radical (unpaired) electrons. The zero-order valence-electron chi connectivity index (χ0n) is 11.9. The summed E-state index contributed by atoms with van der Waals surface area (Å²) in [4.78, 5) is 18.0. The second-order valence-electron chi connectivity index (χ2n) is 4.66. The number of esters is 1. The summed E-state index contributed by atoms with van der Waals surface area (Å²) in [5.41, 5.74) is 3.09. The Morgan fingerprint density at radius 3 is 2.76 bits per heavy atom. The minimum absolute atomic E-state index is 0.309. The largest absolute Gasteiger partial charge is 0.462 e. The van der Waals surface area contributed by atoms with E-state index in [1.165, 1.54) is 0 Å². The number of fused-ring (bicyclic) bond motifs is 1. The smallest absolute Gasteiger partial charge is 0.340 e. The number of para-hydroxylation sites is 1. The predicted molar refractivity (Wildman–Crippen MR) is 85.7 cm³/mol. The Hall–Kier alpha value is -2.20. The van der Waals surface area contributed by atoms with Crippen molar-refractivity contribution < 1.29 is 9.53 Å². The third-order valence-electron chi connectivity index (χ3n) is 3.32. The van der Waals surface area contributed by atoms with Crippen molar-refractivity contribution >= 4 is 28.2 Å². The molecular weight excluding hydrogens is 282 g/mol. The molecule has 0 atom stereocenters. The number of aromatic nitrogens is 1. The minimum atomic E-state index is -0.309. The van der Waals surface area contributed by atoms with E-state index in [0.29, 0.717) is 17.9 Å². The van der Waals surface area contributed by atoms with Crippen molar-refractivity contribution in [2.75, 3.05) is 6.61 Å². The maximum atomic E-state index is 12.4.